The number of aromatic nitrogens is 5. The summed E-state index contributed by atoms with van der Waals surface area (Å²) in [5.41, 5.74) is 2.38. The standard InChI is InChI=1S/C26H23ClN6O2/c1-17-23-22(25(31-14-6-7-15-31)33(30-23)21-8-4-3-5-9-21)26(35)32(29-17)18(2)24(34)28-16-19-10-12-20(27)13-11-19/h3-15,18H,16H2,1-2H3,(H,28,34)/t18-/m0/s1. The second-order valence-electron chi connectivity index (χ2n) is 8.24. The first kappa shape index (κ1) is 22.6. The Labute approximate surface area is 206 Å². The lowest BCUT2D eigenvalue weighted by Gasteiger charge is -2.15. The van der Waals surface area contributed by atoms with E-state index in [0.717, 1.165) is 11.3 Å². The Bertz CT molecular complexity index is 1550. The van der Waals surface area contributed by atoms with Crippen LogP contribution in [0.4, 0.5) is 0 Å². The van der Waals surface area contributed by atoms with Crippen LogP contribution in [0, 0.1) is 6.92 Å². The molecule has 176 valence electrons. The van der Waals surface area contributed by atoms with Gasteiger partial charge in [0, 0.05) is 24.0 Å². The number of nitrogens with one attached hydrogen (secondary N) is 1. The zero-order chi connectivity index (χ0) is 24.5. The second kappa shape index (κ2) is 9.23. The number of hydrogen-bond acceptors (Lipinski definition) is 4. The molecule has 9 heteroatoms. The van der Waals surface area contributed by atoms with E-state index in [1.165, 1.54) is 4.68 Å². The number of hydrogen-bond donors (Lipinski definition) is 1. The number of halogens is 1. The molecule has 0 aliphatic heterocycles. The van der Waals surface area contributed by atoms with Gasteiger partial charge in [0.15, 0.2) is 5.82 Å². The molecule has 0 aliphatic rings. The van der Waals surface area contributed by atoms with Crippen LogP contribution in [0.2, 0.25) is 5.02 Å². The molecule has 0 unspecified atom stereocenters. The number of carbonyl (C=O) groups is 1. The molecule has 35 heavy (non-hydrogen) atoms. The topological polar surface area (TPSA) is 86.7 Å². The first-order valence-corrected chi connectivity index (χ1v) is 11.5. The van der Waals surface area contributed by atoms with Gasteiger partial charge in [0.25, 0.3) is 5.56 Å². The summed E-state index contributed by atoms with van der Waals surface area (Å²) in [6.45, 7) is 3.77. The van der Waals surface area contributed by atoms with Crippen molar-refractivity contribution in [3.63, 3.8) is 0 Å². The molecule has 0 saturated carbocycles. The van der Waals surface area contributed by atoms with Crippen LogP contribution in [0.5, 0.6) is 0 Å². The van der Waals surface area contributed by atoms with Crippen LogP contribution in [0.15, 0.2) is 83.9 Å². The third-order valence-electron chi connectivity index (χ3n) is 5.86. The Morgan fingerprint density at radius 2 is 1.69 bits per heavy atom. The van der Waals surface area contributed by atoms with Crippen LogP contribution in [-0.4, -0.2) is 30.0 Å². The van der Waals surface area contributed by atoms with Crippen molar-refractivity contribution in [2.24, 2.45) is 0 Å². The third kappa shape index (κ3) is 4.24. The van der Waals surface area contributed by atoms with E-state index in [2.05, 4.69) is 10.4 Å². The van der Waals surface area contributed by atoms with Crippen LogP contribution >= 0.6 is 11.6 Å². The molecule has 0 saturated heterocycles. The normalized spacial score (nSPS) is 12.1. The summed E-state index contributed by atoms with van der Waals surface area (Å²) in [5.74, 6) is 0.278. The van der Waals surface area contributed by atoms with Gasteiger partial charge in [0.1, 0.15) is 16.9 Å². The van der Waals surface area contributed by atoms with Gasteiger partial charge in [-0.3, -0.25) is 9.59 Å². The van der Waals surface area contributed by atoms with Crippen molar-refractivity contribution in [1.82, 2.24) is 29.4 Å². The summed E-state index contributed by atoms with van der Waals surface area (Å²) in [4.78, 5) is 26.7. The first-order chi connectivity index (χ1) is 16.9. The maximum atomic E-state index is 13.7. The highest BCUT2D eigenvalue weighted by Gasteiger charge is 2.25. The molecule has 3 aromatic heterocycles. The van der Waals surface area contributed by atoms with E-state index in [9.17, 15) is 9.59 Å². The van der Waals surface area contributed by atoms with Gasteiger partial charge in [-0.2, -0.15) is 10.2 Å². The Balaban J connectivity index is 1.58. The number of para-hydroxylation sites is 1. The number of amides is 1. The fourth-order valence-corrected chi connectivity index (χ4v) is 4.13. The number of fused-ring (bicyclic) bond motifs is 1. The quantitative estimate of drug-likeness (QED) is 0.389. The summed E-state index contributed by atoms with van der Waals surface area (Å²) in [5, 5.41) is 13.1. The van der Waals surface area contributed by atoms with Crippen molar-refractivity contribution in [3.05, 3.63) is 106 Å². The molecular weight excluding hydrogens is 464 g/mol. The summed E-state index contributed by atoms with van der Waals surface area (Å²) in [6, 6.07) is 19.8. The van der Waals surface area contributed by atoms with E-state index < -0.39 is 6.04 Å². The molecule has 1 amide bonds. The molecular formula is C26H23ClN6O2. The highest BCUT2D eigenvalue weighted by molar-refractivity contribution is 6.30. The second-order valence-corrected chi connectivity index (χ2v) is 8.68. The number of nitrogens with zero attached hydrogens (tertiary/aromatic N) is 5. The molecule has 0 spiro atoms. The Kier molecular flexibility index (Phi) is 5.96. The van der Waals surface area contributed by atoms with Crippen LogP contribution in [0.3, 0.4) is 0 Å². The summed E-state index contributed by atoms with van der Waals surface area (Å²) in [7, 11) is 0. The van der Waals surface area contributed by atoms with Crippen LogP contribution in [-0.2, 0) is 11.3 Å². The minimum absolute atomic E-state index is 0.314. The highest BCUT2D eigenvalue weighted by atomic mass is 35.5. The highest BCUT2D eigenvalue weighted by Crippen LogP contribution is 2.25. The number of benzene rings is 2. The predicted molar refractivity (Wildman–Crippen MR) is 135 cm³/mol. The summed E-state index contributed by atoms with van der Waals surface area (Å²) in [6.07, 6.45) is 3.72. The third-order valence-corrected chi connectivity index (χ3v) is 6.11. The van der Waals surface area contributed by atoms with Gasteiger partial charge in [0.05, 0.1) is 11.4 Å². The monoisotopic (exact) mass is 486 g/mol. The number of aryl methyl sites for hydroxylation is 1. The Morgan fingerprint density at radius 3 is 2.37 bits per heavy atom. The van der Waals surface area contributed by atoms with E-state index in [1.807, 2.05) is 71.6 Å². The van der Waals surface area contributed by atoms with Gasteiger partial charge in [-0.05, 0) is 55.8 Å². The van der Waals surface area contributed by atoms with Crippen molar-refractivity contribution in [2.75, 3.05) is 0 Å². The van der Waals surface area contributed by atoms with Gasteiger partial charge in [-0.15, -0.1) is 0 Å². The van der Waals surface area contributed by atoms with Gasteiger partial charge < -0.3 is 9.88 Å². The smallest absolute Gasteiger partial charge is 0.280 e. The molecule has 0 radical (unpaired) electrons. The van der Waals surface area contributed by atoms with E-state index in [0.29, 0.717) is 34.0 Å². The van der Waals surface area contributed by atoms with E-state index in [1.54, 1.807) is 30.7 Å². The van der Waals surface area contributed by atoms with Crippen LogP contribution < -0.4 is 10.9 Å². The van der Waals surface area contributed by atoms with E-state index in [4.69, 9.17) is 16.7 Å². The lowest BCUT2D eigenvalue weighted by molar-refractivity contribution is -0.124. The number of carbonyl (C=O) groups excluding carboxylic acids is 1. The average Bonchev–Trinajstić information content (AvgIpc) is 3.54. The van der Waals surface area contributed by atoms with Gasteiger partial charge >= 0.3 is 0 Å². The molecule has 1 N–H and O–H groups in total. The molecule has 0 bridgehead atoms. The maximum absolute atomic E-state index is 13.7. The van der Waals surface area contributed by atoms with E-state index >= 15 is 0 Å². The van der Waals surface area contributed by atoms with Crippen LogP contribution in [0.1, 0.15) is 24.2 Å². The Hall–Kier alpha value is -4.17. The largest absolute Gasteiger partial charge is 0.350 e. The van der Waals surface area contributed by atoms with Crippen molar-refractivity contribution in [2.45, 2.75) is 26.4 Å². The maximum Gasteiger partial charge on any atom is 0.280 e. The first-order valence-electron chi connectivity index (χ1n) is 11.2. The van der Waals surface area contributed by atoms with Gasteiger partial charge in [-0.1, -0.05) is 41.9 Å². The van der Waals surface area contributed by atoms with Gasteiger partial charge in [-0.25, -0.2) is 9.36 Å². The molecule has 2 aromatic carbocycles. The van der Waals surface area contributed by atoms with E-state index in [-0.39, 0.29) is 11.5 Å². The molecule has 5 rings (SSSR count). The minimum Gasteiger partial charge on any atom is -0.350 e. The lowest BCUT2D eigenvalue weighted by Crippen LogP contribution is -2.37. The molecule has 0 fully saturated rings. The molecule has 0 aliphatic carbocycles. The van der Waals surface area contributed by atoms with Crippen molar-refractivity contribution >= 4 is 28.4 Å². The Morgan fingerprint density at radius 1 is 1.00 bits per heavy atom. The predicted octanol–water partition coefficient (Wildman–Crippen LogP) is 4.21. The van der Waals surface area contributed by atoms with Crippen molar-refractivity contribution in [3.8, 4) is 11.5 Å². The zero-order valence-electron chi connectivity index (χ0n) is 19.2. The van der Waals surface area contributed by atoms with Crippen molar-refractivity contribution < 1.29 is 4.79 Å². The molecule has 8 nitrogen and oxygen atoms in total. The van der Waals surface area contributed by atoms with Crippen molar-refractivity contribution in [1.29, 1.82) is 0 Å². The van der Waals surface area contributed by atoms with Crippen LogP contribution in [0.25, 0.3) is 22.4 Å². The summed E-state index contributed by atoms with van der Waals surface area (Å²) >= 11 is 5.93. The zero-order valence-corrected chi connectivity index (χ0v) is 20.0. The fourth-order valence-electron chi connectivity index (χ4n) is 4.00. The fraction of sp³-hybridized carbons (Fsp3) is 0.154. The molecule has 3 heterocycles. The average molecular weight is 487 g/mol. The van der Waals surface area contributed by atoms with Gasteiger partial charge in [0.2, 0.25) is 5.91 Å². The number of rotatable bonds is 6. The SMILES string of the molecule is Cc1nn([C@@H](C)C(=O)NCc2ccc(Cl)cc2)c(=O)c2c(-n3cccc3)n(-c3ccccc3)nc12. The lowest BCUT2D eigenvalue weighted by atomic mass is 10.2. The molecule has 5 aromatic rings. The summed E-state index contributed by atoms with van der Waals surface area (Å²) < 4.78 is 4.81. The molecule has 1 atom stereocenters. The minimum atomic E-state index is -0.824.